The maximum atomic E-state index is 12.5. The minimum absolute atomic E-state index is 0. The van der Waals surface area contributed by atoms with Crippen LogP contribution in [-0.4, -0.2) is 35.7 Å². The number of nitrogens with two attached hydrogens (primary N) is 1. The molecule has 1 aromatic rings. The molecule has 1 heterocycles. The van der Waals surface area contributed by atoms with Gasteiger partial charge in [0.05, 0.1) is 0 Å². The Bertz CT molecular complexity index is 672. The number of hydrogen-bond acceptors (Lipinski definition) is 3. The number of aryl methyl sites for hydroxylation is 2. The SMILES string of the molecule is CC1(C)CN(C(=O)CCC(=O)c2ccc3c(c2)CCCC3)CCC1N.Cl. The molecule has 1 saturated heterocycles. The summed E-state index contributed by atoms with van der Waals surface area (Å²) in [5.74, 6) is 0.154. The van der Waals surface area contributed by atoms with Gasteiger partial charge in [0.25, 0.3) is 0 Å². The molecule has 1 aliphatic heterocycles. The molecule has 1 unspecified atom stereocenters. The van der Waals surface area contributed by atoms with E-state index < -0.39 is 0 Å². The lowest BCUT2D eigenvalue weighted by Gasteiger charge is -2.42. The van der Waals surface area contributed by atoms with Crippen molar-refractivity contribution in [3.63, 3.8) is 0 Å². The summed E-state index contributed by atoms with van der Waals surface area (Å²) in [6, 6.07) is 6.20. The number of rotatable bonds is 4. The number of hydrogen-bond donors (Lipinski definition) is 1. The Morgan fingerprint density at radius 2 is 1.85 bits per heavy atom. The average Bonchev–Trinajstić information content (AvgIpc) is 2.61. The smallest absolute Gasteiger partial charge is 0.223 e. The lowest BCUT2D eigenvalue weighted by atomic mass is 9.79. The van der Waals surface area contributed by atoms with E-state index in [1.54, 1.807) is 0 Å². The van der Waals surface area contributed by atoms with Gasteiger partial charge in [-0.05, 0) is 54.7 Å². The number of carbonyl (C=O) groups is 2. The number of halogens is 1. The molecule has 0 bridgehead atoms. The average molecular weight is 379 g/mol. The highest BCUT2D eigenvalue weighted by Gasteiger charge is 2.35. The van der Waals surface area contributed by atoms with Crippen LogP contribution in [-0.2, 0) is 17.6 Å². The van der Waals surface area contributed by atoms with Crippen molar-refractivity contribution in [3.8, 4) is 0 Å². The highest BCUT2D eigenvalue weighted by molar-refractivity contribution is 5.98. The lowest BCUT2D eigenvalue weighted by Crippen LogP contribution is -2.54. The van der Waals surface area contributed by atoms with Gasteiger partial charge in [0.15, 0.2) is 5.78 Å². The number of piperidine rings is 1. The van der Waals surface area contributed by atoms with Gasteiger partial charge in [-0.15, -0.1) is 12.4 Å². The Labute approximate surface area is 162 Å². The summed E-state index contributed by atoms with van der Waals surface area (Å²) < 4.78 is 0. The van der Waals surface area contributed by atoms with Crippen molar-refractivity contribution in [3.05, 3.63) is 34.9 Å². The van der Waals surface area contributed by atoms with Gasteiger partial charge in [-0.3, -0.25) is 9.59 Å². The Morgan fingerprint density at radius 3 is 2.54 bits per heavy atom. The van der Waals surface area contributed by atoms with E-state index in [0.29, 0.717) is 25.9 Å². The lowest BCUT2D eigenvalue weighted by molar-refractivity contribution is -0.134. The van der Waals surface area contributed by atoms with Crippen molar-refractivity contribution in [2.24, 2.45) is 11.1 Å². The van der Waals surface area contributed by atoms with Gasteiger partial charge in [-0.2, -0.15) is 0 Å². The Morgan fingerprint density at radius 1 is 1.15 bits per heavy atom. The molecule has 0 aromatic heterocycles. The van der Waals surface area contributed by atoms with Crippen molar-refractivity contribution in [2.75, 3.05) is 13.1 Å². The number of carbonyl (C=O) groups excluding carboxylic acids is 2. The van der Waals surface area contributed by atoms with Crippen molar-refractivity contribution >= 4 is 24.1 Å². The molecule has 0 spiro atoms. The van der Waals surface area contributed by atoms with E-state index in [0.717, 1.165) is 24.8 Å². The summed E-state index contributed by atoms with van der Waals surface area (Å²) >= 11 is 0. The fraction of sp³-hybridized carbons (Fsp3) is 0.619. The van der Waals surface area contributed by atoms with Crippen LogP contribution in [0.5, 0.6) is 0 Å². The van der Waals surface area contributed by atoms with Crippen LogP contribution in [0.3, 0.4) is 0 Å². The van der Waals surface area contributed by atoms with Gasteiger partial charge in [0.2, 0.25) is 5.91 Å². The largest absolute Gasteiger partial charge is 0.342 e. The number of fused-ring (bicyclic) bond motifs is 1. The van der Waals surface area contributed by atoms with Crippen LogP contribution >= 0.6 is 12.4 Å². The molecule has 2 N–H and O–H groups in total. The third-order valence-electron chi connectivity index (χ3n) is 5.90. The van der Waals surface area contributed by atoms with E-state index in [9.17, 15) is 9.59 Å². The number of amides is 1. The zero-order chi connectivity index (χ0) is 18.0. The van der Waals surface area contributed by atoms with Gasteiger partial charge in [-0.1, -0.05) is 26.0 Å². The van der Waals surface area contributed by atoms with Gasteiger partial charge in [0, 0.05) is 37.5 Å². The van der Waals surface area contributed by atoms with Crippen LogP contribution in [0.1, 0.15) is 67.4 Å². The fourth-order valence-electron chi connectivity index (χ4n) is 4.02. The zero-order valence-corrected chi connectivity index (χ0v) is 16.7. The van der Waals surface area contributed by atoms with Crippen molar-refractivity contribution < 1.29 is 9.59 Å². The number of ketones is 1. The molecular weight excluding hydrogens is 348 g/mol. The van der Waals surface area contributed by atoms with Gasteiger partial charge >= 0.3 is 0 Å². The van der Waals surface area contributed by atoms with Crippen LogP contribution in [0, 0.1) is 5.41 Å². The molecule has 4 nitrogen and oxygen atoms in total. The zero-order valence-electron chi connectivity index (χ0n) is 15.9. The Hall–Kier alpha value is -1.39. The quantitative estimate of drug-likeness (QED) is 0.815. The molecule has 1 aromatic carbocycles. The summed E-state index contributed by atoms with van der Waals surface area (Å²) in [7, 11) is 0. The van der Waals surface area contributed by atoms with Crippen LogP contribution in [0.25, 0.3) is 0 Å². The van der Waals surface area contributed by atoms with Crippen LogP contribution in [0.2, 0.25) is 0 Å². The molecule has 26 heavy (non-hydrogen) atoms. The first-order valence-corrected chi connectivity index (χ1v) is 9.55. The third kappa shape index (κ3) is 4.66. The summed E-state index contributed by atoms with van der Waals surface area (Å²) in [4.78, 5) is 26.9. The summed E-state index contributed by atoms with van der Waals surface area (Å²) in [6.45, 7) is 5.60. The summed E-state index contributed by atoms with van der Waals surface area (Å²) in [6.07, 6.45) is 6.05. The van der Waals surface area contributed by atoms with Crippen molar-refractivity contribution in [2.45, 2.75) is 64.8 Å². The molecule has 2 aliphatic rings. The van der Waals surface area contributed by atoms with Crippen molar-refractivity contribution in [1.29, 1.82) is 0 Å². The summed E-state index contributed by atoms with van der Waals surface area (Å²) in [5.41, 5.74) is 9.53. The molecular formula is C21H31ClN2O2. The highest BCUT2D eigenvalue weighted by Crippen LogP contribution is 2.28. The molecule has 1 amide bonds. The Balaban J connectivity index is 0.00000243. The molecule has 144 valence electrons. The Kier molecular flexibility index (Phi) is 6.86. The fourth-order valence-corrected chi connectivity index (χ4v) is 4.02. The van der Waals surface area contributed by atoms with E-state index in [2.05, 4.69) is 19.9 Å². The van der Waals surface area contributed by atoms with Gasteiger partial charge in [-0.25, -0.2) is 0 Å². The van der Waals surface area contributed by atoms with Crippen LogP contribution < -0.4 is 5.73 Å². The van der Waals surface area contributed by atoms with Crippen LogP contribution in [0.15, 0.2) is 18.2 Å². The first-order chi connectivity index (χ1) is 11.9. The molecule has 0 saturated carbocycles. The monoisotopic (exact) mass is 378 g/mol. The van der Waals surface area contributed by atoms with E-state index >= 15 is 0 Å². The van der Waals surface area contributed by atoms with Gasteiger partial charge in [0.1, 0.15) is 0 Å². The number of nitrogens with zero attached hydrogens (tertiary/aromatic N) is 1. The second kappa shape index (κ2) is 8.53. The van der Waals surface area contributed by atoms with E-state index in [1.165, 1.54) is 24.0 Å². The minimum Gasteiger partial charge on any atom is -0.342 e. The van der Waals surface area contributed by atoms with Crippen LogP contribution in [0.4, 0.5) is 0 Å². The second-order valence-corrected chi connectivity index (χ2v) is 8.31. The molecule has 1 fully saturated rings. The first-order valence-electron chi connectivity index (χ1n) is 9.55. The number of Topliss-reactive ketones (excluding diaryl/α,β-unsaturated/α-hetero) is 1. The van der Waals surface area contributed by atoms with Crippen molar-refractivity contribution in [1.82, 2.24) is 4.90 Å². The number of likely N-dealkylation sites (tertiary alicyclic amines) is 1. The normalized spacial score (nSPS) is 21.5. The molecule has 1 aliphatic carbocycles. The van der Waals surface area contributed by atoms with E-state index in [1.807, 2.05) is 17.0 Å². The van der Waals surface area contributed by atoms with E-state index in [4.69, 9.17) is 5.73 Å². The maximum absolute atomic E-state index is 12.5. The van der Waals surface area contributed by atoms with Gasteiger partial charge < -0.3 is 10.6 Å². The second-order valence-electron chi connectivity index (χ2n) is 8.31. The first kappa shape index (κ1) is 20.9. The highest BCUT2D eigenvalue weighted by atomic mass is 35.5. The number of benzene rings is 1. The molecule has 3 rings (SSSR count). The molecule has 0 radical (unpaired) electrons. The predicted octanol–water partition coefficient (Wildman–Crippen LogP) is 3.54. The standard InChI is InChI=1S/C21H30N2O2.ClH/c1-21(2)14-23(12-11-19(21)22)20(25)10-9-18(24)17-8-7-15-5-3-4-6-16(15)13-17;/h7-8,13,19H,3-6,9-12,14,22H2,1-2H3;1H. The molecule has 1 atom stereocenters. The maximum Gasteiger partial charge on any atom is 0.223 e. The minimum atomic E-state index is -0.0591. The molecule has 5 heteroatoms. The summed E-state index contributed by atoms with van der Waals surface area (Å²) in [5, 5.41) is 0. The van der Waals surface area contributed by atoms with E-state index in [-0.39, 0.29) is 35.6 Å². The third-order valence-corrected chi connectivity index (χ3v) is 5.90. The predicted molar refractivity (Wildman–Crippen MR) is 107 cm³/mol. The topological polar surface area (TPSA) is 63.4 Å².